The van der Waals surface area contributed by atoms with Crippen LogP contribution in [-0.2, 0) is 13.1 Å². The molecule has 2 aromatic heterocycles. The molecule has 1 aromatic carbocycles. The van der Waals surface area contributed by atoms with Gasteiger partial charge in [0.25, 0.3) is 5.91 Å². The van der Waals surface area contributed by atoms with Crippen LogP contribution in [0.2, 0.25) is 0 Å². The minimum Gasteiger partial charge on any atom is -0.324 e. The van der Waals surface area contributed by atoms with E-state index in [2.05, 4.69) is 32.5 Å². The van der Waals surface area contributed by atoms with E-state index in [-0.39, 0.29) is 5.91 Å². The molecule has 0 spiro atoms. The Bertz CT molecular complexity index is 908. The Morgan fingerprint density at radius 1 is 1.27 bits per heavy atom. The van der Waals surface area contributed by atoms with Crippen molar-refractivity contribution >= 4 is 11.6 Å². The van der Waals surface area contributed by atoms with Gasteiger partial charge in [-0.2, -0.15) is 10.2 Å². The lowest BCUT2D eigenvalue weighted by atomic mass is 10.1. The number of nitrogens with two attached hydrogens (primary N) is 1. The van der Waals surface area contributed by atoms with Gasteiger partial charge in [0.05, 0.1) is 17.8 Å². The van der Waals surface area contributed by atoms with Gasteiger partial charge in [-0.15, -0.1) is 0 Å². The molecule has 0 unspecified atom stereocenters. The van der Waals surface area contributed by atoms with Crippen LogP contribution in [0.5, 0.6) is 0 Å². The van der Waals surface area contributed by atoms with Crippen LogP contribution in [0.4, 0.5) is 5.69 Å². The zero-order valence-electron chi connectivity index (χ0n) is 15.2. The molecule has 0 aliphatic heterocycles. The molecule has 0 aliphatic rings. The quantitative estimate of drug-likeness (QED) is 0.629. The Balaban J connectivity index is 1.76. The molecule has 2 heterocycles. The Hall–Kier alpha value is -3.00. The summed E-state index contributed by atoms with van der Waals surface area (Å²) in [6.07, 6.45) is 0.970. The maximum Gasteiger partial charge on any atom is 0.259 e. The number of aryl methyl sites for hydroxylation is 2. The average Bonchev–Trinajstić information content (AvgIpc) is 3.21. The van der Waals surface area contributed by atoms with Crippen LogP contribution >= 0.6 is 0 Å². The molecule has 8 nitrogen and oxygen atoms in total. The molecule has 0 fully saturated rings. The number of benzene rings is 1. The highest BCUT2D eigenvalue weighted by atomic mass is 16.1. The summed E-state index contributed by atoms with van der Waals surface area (Å²) in [7, 11) is 0. The Morgan fingerprint density at radius 3 is 2.62 bits per heavy atom. The second-order valence-corrected chi connectivity index (χ2v) is 6.11. The van der Waals surface area contributed by atoms with Crippen LogP contribution in [0, 0.1) is 13.8 Å². The van der Waals surface area contributed by atoms with Crippen LogP contribution < -0.4 is 11.1 Å². The van der Waals surface area contributed by atoms with Gasteiger partial charge in [0.15, 0.2) is 5.82 Å². The zero-order chi connectivity index (χ0) is 18.7. The SMILES string of the molecule is CCCn1nc(C)c(C(=O)Nc2ccc(-c3n[nH]c(CN)n3)cc2)c1C. The van der Waals surface area contributed by atoms with E-state index in [1.165, 1.54) is 0 Å². The maximum atomic E-state index is 12.7. The fraction of sp³-hybridized carbons (Fsp3) is 0.333. The molecule has 0 saturated heterocycles. The molecule has 1 amide bonds. The van der Waals surface area contributed by atoms with Crippen LogP contribution in [-0.4, -0.2) is 30.9 Å². The molecule has 3 rings (SSSR count). The van der Waals surface area contributed by atoms with Gasteiger partial charge in [-0.05, 0) is 44.5 Å². The summed E-state index contributed by atoms with van der Waals surface area (Å²) in [6.45, 7) is 6.98. The van der Waals surface area contributed by atoms with E-state index in [9.17, 15) is 4.79 Å². The van der Waals surface area contributed by atoms with Gasteiger partial charge in [0, 0.05) is 23.5 Å². The number of carbonyl (C=O) groups excluding carboxylic acids is 1. The molecule has 0 radical (unpaired) electrons. The topological polar surface area (TPSA) is 115 Å². The van der Waals surface area contributed by atoms with Crippen molar-refractivity contribution in [3.8, 4) is 11.4 Å². The number of aromatic nitrogens is 5. The standard InChI is InChI=1S/C18H23N7O/c1-4-9-25-12(3)16(11(2)24-25)18(26)20-14-7-5-13(6-8-14)17-21-15(10-19)22-23-17/h5-8H,4,9-10,19H2,1-3H3,(H,20,26)(H,21,22,23). The number of aromatic amines is 1. The maximum absolute atomic E-state index is 12.7. The third-order valence-electron chi connectivity index (χ3n) is 4.17. The number of amides is 1. The van der Waals surface area contributed by atoms with E-state index < -0.39 is 0 Å². The second-order valence-electron chi connectivity index (χ2n) is 6.11. The number of nitrogens with one attached hydrogen (secondary N) is 2. The van der Waals surface area contributed by atoms with Crippen LogP contribution in [0.1, 0.15) is 40.9 Å². The van der Waals surface area contributed by atoms with Crippen molar-refractivity contribution in [2.24, 2.45) is 5.73 Å². The van der Waals surface area contributed by atoms with Gasteiger partial charge in [0.2, 0.25) is 0 Å². The first-order chi connectivity index (χ1) is 12.5. The molecule has 3 aromatic rings. The number of rotatable bonds is 6. The first kappa shape index (κ1) is 17.8. The summed E-state index contributed by atoms with van der Waals surface area (Å²) in [4.78, 5) is 17.0. The highest BCUT2D eigenvalue weighted by Crippen LogP contribution is 2.20. The average molecular weight is 353 g/mol. The predicted octanol–water partition coefficient (Wildman–Crippen LogP) is 2.41. The third-order valence-corrected chi connectivity index (χ3v) is 4.17. The van der Waals surface area contributed by atoms with Crippen molar-refractivity contribution in [2.45, 2.75) is 40.3 Å². The van der Waals surface area contributed by atoms with Gasteiger partial charge in [-0.3, -0.25) is 14.6 Å². The van der Waals surface area contributed by atoms with Crippen LogP contribution in [0.25, 0.3) is 11.4 Å². The lowest BCUT2D eigenvalue weighted by Gasteiger charge is -2.07. The van der Waals surface area contributed by atoms with E-state index in [1.54, 1.807) is 0 Å². The fourth-order valence-electron chi connectivity index (χ4n) is 2.87. The molecular formula is C18H23N7O. The molecule has 0 aliphatic carbocycles. The number of carbonyl (C=O) groups is 1. The summed E-state index contributed by atoms with van der Waals surface area (Å²) in [5.74, 6) is 1.06. The summed E-state index contributed by atoms with van der Waals surface area (Å²) in [5.41, 5.74) is 9.33. The molecule has 8 heteroatoms. The largest absolute Gasteiger partial charge is 0.324 e. The summed E-state index contributed by atoms with van der Waals surface area (Å²) < 4.78 is 1.88. The van der Waals surface area contributed by atoms with Gasteiger partial charge >= 0.3 is 0 Å². The van der Waals surface area contributed by atoms with E-state index in [0.29, 0.717) is 29.4 Å². The molecule has 136 valence electrons. The molecule has 26 heavy (non-hydrogen) atoms. The number of hydrogen-bond acceptors (Lipinski definition) is 5. The second kappa shape index (κ2) is 7.49. The summed E-state index contributed by atoms with van der Waals surface area (Å²) >= 11 is 0. The summed E-state index contributed by atoms with van der Waals surface area (Å²) in [5, 5.41) is 14.3. The van der Waals surface area contributed by atoms with Gasteiger partial charge < -0.3 is 11.1 Å². The van der Waals surface area contributed by atoms with Crippen molar-refractivity contribution < 1.29 is 4.79 Å². The zero-order valence-corrected chi connectivity index (χ0v) is 15.2. The minimum atomic E-state index is -0.154. The van der Waals surface area contributed by atoms with E-state index in [0.717, 1.165) is 29.9 Å². The van der Waals surface area contributed by atoms with Crippen molar-refractivity contribution in [2.75, 3.05) is 5.32 Å². The number of hydrogen-bond donors (Lipinski definition) is 3. The Labute approximate surface area is 151 Å². The van der Waals surface area contributed by atoms with Gasteiger partial charge in [-0.25, -0.2) is 4.98 Å². The third kappa shape index (κ3) is 3.50. The fourth-order valence-corrected chi connectivity index (χ4v) is 2.87. The summed E-state index contributed by atoms with van der Waals surface area (Å²) in [6, 6.07) is 7.37. The molecule has 0 bridgehead atoms. The highest BCUT2D eigenvalue weighted by molar-refractivity contribution is 6.05. The Morgan fingerprint density at radius 2 is 2.00 bits per heavy atom. The van der Waals surface area contributed by atoms with Crippen molar-refractivity contribution in [3.05, 3.63) is 47.0 Å². The van der Waals surface area contributed by atoms with Crippen LogP contribution in [0.15, 0.2) is 24.3 Å². The van der Waals surface area contributed by atoms with E-state index in [1.807, 2.05) is 42.8 Å². The number of anilines is 1. The van der Waals surface area contributed by atoms with Crippen LogP contribution in [0.3, 0.4) is 0 Å². The molecule has 0 saturated carbocycles. The van der Waals surface area contributed by atoms with Crippen molar-refractivity contribution in [1.29, 1.82) is 0 Å². The molecule has 0 atom stereocenters. The lowest BCUT2D eigenvalue weighted by Crippen LogP contribution is -2.14. The van der Waals surface area contributed by atoms with Crippen molar-refractivity contribution in [3.63, 3.8) is 0 Å². The smallest absolute Gasteiger partial charge is 0.259 e. The lowest BCUT2D eigenvalue weighted by molar-refractivity contribution is 0.102. The molecular weight excluding hydrogens is 330 g/mol. The Kier molecular flexibility index (Phi) is 5.13. The monoisotopic (exact) mass is 353 g/mol. The molecule has 4 N–H and O–H groups in total. The minimum absolute atomic E-state index is 0.154. The first-order valence-electron chi connectivity index (χ1n) is 8.60. The van der Waals surface area contributed by atoms with E-state index in [4.69, 9.17) is 5.73 Å². The predicted molar refractivity (Wildman–Crippen MR) is 99.7 cm³/mol. The number of H-pyrrole nitrogens is 1. The number of nitrogens with zero attached hydrogens (tertiary/aromatic N) is 4. The van der Waals surface area contributed by atoms with Gasteiger partial charge in [-0.1, -0.05) is 6.92 Å². The van der Waals surface area contributed by atoms with E-state index >= 15 is 0 Å². The first-order valence-corrected chi connectivity index (χ1v) is 8.60. The van der Waals surface area contributed by atoms with Gasteiger partial charge in [0.1, 0.15) is 5.82 Å². The highest BCUT2D eigenvalue weighted by Gasteiger charge is 2.18. The van der Waals surface area contributed by atoms with Crippen molar-refractivity contribution in [1.82, 2.24) is 25.0 Å². The normalized spacial score (nSPS) is 10.9.